The van der Waals surface area contributed by atoms with E-state index in [1.165, 1.54) is 35.2 Å². The van der Waals surface area contributed by atoms with Gasteiger partial charge in [0.1, 0.15) is 0 Å². The smallest absolute Gasteiger partial charge is 0.0951 e. The van der Waals surface area contributed by atoms with E-state index in [2.05, 4.69) is 76.4 Å². The van der Waals surface area contributed by atoms with E-state index in [4.69, 9.17) is 0 Å². The van der Waals surface area contributed by atoms with Crippen molar-refractivity contribution >= 4 is 0 Å². The summed E-state index contributed by atoms with van der Waals surface area (Å²) in [5.41, 5.74) is 5.44. The molecule has 0 amide bonds. The van der Waals surface area contributed by atoms with Gasteiger partial charge in [0.15, 0.2) is 0 Å². The van der Waals surface area contributed by atoms with Gasteiger partial charge in [0.05, 0.1) is 12.0 Å². The first kappa shape index (κ1) is 15.2. The molecular formula is C21H23N3. The monoisotopic (exact) mass is 317 g/mol. The van der Waals surface area contributed by atoms with E-state index < -0.39 is 0 Å². The van der Waals surface area contributed by atoms with Crippen LogP contribution in [0.15, 0.2) is 67.1 Å². The highest BCUT2D eigenvalue weighted by Gasteiger charge is 2.43. The van der Waals surface area contributed by atoms with Crippen molar-refractivity contribution in [2.45, 2.75) is 38.4 Å². The van der Waals surface area contributed by atoms with Crippen molar-refractivity contribution in [2.75, 3.05) is 0 Å². The van der Waals surface area contributed by atoms with E-state index in [-0.39, 0.29) is 5.54 Å². The fourth-order valence-corrected chi connectivity index (χ4v) is 3.31. The second-order valence-electron chi connectivity index (χ2n) is 6.80. The average Bonchev–Trinajstić information content (AvgIpc) is 3.28. The number of hydrogen-bond donors (Lipinski definition) is 1. The molecule has 0 atom stereocenters. The van der Waals surface area contributed by atoms with Crippen LogP contribution in [0.25, 0.3) is 0 Å². The summed E-state index contributed by atoms with van der Waals surface area (Å²) in [6.07, 6.45) is 6.32. The first-order chi connectivity index (χ1) is 11.8. The summed E-state index contributed by atoms with van der Waals surface area (Å²) in [7, 11) is 0. The maximum atomic E-state index is 4.35. The van der Waals surface area contributed by atoms with Crippen LogP contribution >= 0.6 is 0 Å². The minimum atomic E-state index is 0.161. The third kappa shape index (κ3) is 3.13. The number of benzene rings is 2. The van der Waals surface area contributed by atoms with E-state index in [9.17, 15) is 0 Å². The van der Waals surface area contributed by atoms with Gasteiger partial charge in [0.25, 0.3) is 0 Å². The highest BCUT2D eigenvalue weighted by Crippen LogP contribution is 2.45. The second kappa shape index (κ2) is 6.25. The van der Waals surface area contributed by atoms with Crippen LogP contribution in [-0.2, 0) is 18.6 Å². The average molecular weight is 317 g/mol. The second-order valence-corrected chi connectivity index (χ2v) is 6.80. The Morgan fingerprint density at radius 1 is 1.08 bits per heavy atom. The lowest BCUT2D eigenvalue weighted by Crippen LogP contribution is -2.29. The van der Waals surface area contributed by atoms with E-state index in [1.54, 1.807) is 0 Å². The Labute approximate surface area is 143 Å². The van der Waals surface area contributed by atoms with Crippen molar-refractivity contribution < 1.29 is 0 Å². The van der Waals surface area contributed by atoms with Gasteiger partial charge in [0, 0.05) is 24.8 Å². The van der Waals surface area contributed by atoms with Crippen molar-refractivity contribution in [1.29, 1.82) is 0 Å². The van der Waals surface area contributed by atoms with Gasteiger partial charge < -0.3 is 9.88 Å². The molecule has 1 aliphatic carbocycles. The summed E-state index contributed by atoms with van der Waals surface area (Å²) in [6.45, 7) is 3.88. The molecule has 0 bridgehead atoms. The zero-order chi connectivity index (χ0) is 16.4. The van der Waals surface area contributed by atoms with Gasteiger partial charge in [-0.15, -0.1) is 0 Å². The van der Waals surface area contributed by atoms with Crippen LogP contribution in [0.5, 0.6) is 0 Å². The largest absolute Gasteiger partial charge is 0.329 e. The summed E-state index contributed by atoms with van der Waals surface area (Å²) in [5, 5.41) is 3.78. The minimum Gasteiger partial charge on any atom is -0.329 e. The molecule has 1 saturated carbocycles. The molecule has 3 heteroatoms. The number of nitrogens with one attached hydrogen (secondary N) is 1. The first-order valence-electron chi connectivity index (χ1n) is 8.60. The SMILES string of the molecule is Cc1cccc(C2(NCc3cncn3Cc3ccccc3)CC2)c1. The molecule has 0 saturated heterocycles. The summed E-state index contributed by atoms with van der Waals surface area (Å²) in [5.74, 6) is 0. The molecular weight excluding hydrogens is 294 g/mol. The van der Waals surface area contributed by atoms with Crippen molar-refractivity contribution in [3.05, 3.63) is 89.5 Å². The quantitative estimate of drug-likeness (QED) is 0.744. The number of rotatable bonds is 6. The molecule has 3 nitrogen and oxygen atoms in total. The van der Waals surface area contributed by atoms with Crippen molar-refractivity contribution in [3.8, 4) is 0 Å². The van der Waals surface area contributed by atoms with Gasteiger partial charge in [-0.05, 0) is 30.9 Å². The van der Waals surface area contributed by atoms with Gasteiger partial charge in [0.2, 0.25) is 0 Å². The number of aryl methyl sites for hydroxylation is 1. The van der Waals surface area contributed by atoms with Crippen LogP contribution in [0.3, 0.4) is 0 Å². The molecule has 1 fully saturated rings. The zero-order valence-corrected chi connectivity index (χ0v) is 14.1. The van der Waals surface area contributed by atoms with Crippen LogP contribution in [0.2, 0.25) is 0 Å². The molecule has 0 aliphatic heterocycles. The van der Waals surface area contributed by atoms with Crippen molar-refractivity contribution in [3.63, 3.8) is 0 Å². The van der Waals surface area contributed by atoms with Gasteiger partial charge in [-0.1, -0.05) is 60.2 Å². The van der Waals surface area contributed by atoms with Crippen molar-refractivity contribution in [1.82, 2.24) is 14.9 Å². The molecule has 1 aromatic heterocycles. The third-order valence-electron chi connectivity index (χ3n) is 4.92. The number of imidazole rings is 1. The Morgan fingerprint density at radius 3 is 2.67 bits per heavy atom. The van der Waals surface area contributed by atoms with Gasteiger partial charge >= 0.3 is 0 Å². The van der Waals surface area contributed by atoms with Gasteiger partial charge in [-0.2, -0.15) is 0 Å². The number of aromatic nitrogens is 2. The van der Waals surface area contributed by atoms with Crippen molar-refractivity contribution in [2.24, 2.45) is 0 Å². The predicted octanol–water partition coefficient (Wildman–Crippen LogP) is 4.02. The maximum Gasteiger partial charge on any atom is 0.0951 e. The molecule has 3 aromatic rings. The van der Waals surface area contributed by atoms with Crippen LogP contribution in [0.1, 0.15) is 35.2 Å². The Balaban J connectivity index is 1.46. The summed E-state index contributed by atoms with van der Waals surface area (Å²) < 4.78 is 2.23. The highest BCUT2D eigenvalue weighted by atomic mass is 15.1. The molecule has 0 unspecified atom stereocenters. The Morgan fingerprint density at radius 2 is 1.92 bits per heavy atom. The standard InChI is InChI=1S/C21H23N3/c1-17-6-5-9-19(12-17)21(10-11-21)23-14-20-13-22-16-24(20)15-18-7-3-2-4-8-18/h2-9,12-13,16,23H,10-11,14-15H2,1H3. The van der Waals surface area contributed by atoms with Crippen LogP contribution in [0, 0.1) is 6.92 Å². The molecule has 4 rings (SSSR count). The summed E-state index contributed by atoms with van der Waals surface area (Å²) in [4.78, 5) is 4.35. The summed E-state index contributed by atoms with van der Waals surface area (Å²) >= 11 is 0. The number of hydrogen-bond acceptors (Lipinski definition) is 2. The maximum absolute atomic E-state index is 4.35. The molecule has 24 heavy (non-hydrogen) atoms. The molecule has 0 spiro atoms. The molecule has 122 valence electrons. The van der Waals surface area contributed by atoms with Gasteiger partial charge in [-0.25, -0.2) is 4.98 Å². The van der Waals surface area contributed by atoms with E-state index in [0.29, 0.717) is 0 Å². The zero-order valence-electron chi connectivity index (χ0n) is 14.1. The fraction of sp³-hybridized carbons (Fsp3) is 0.286. The Bertz CT molecular complexity index is 816. The lowest BCUT2D eigenvalue weighted by Gasteiger charge is -2.19. The molecule has 1 aliphatic rings. The predicted molar refractivity (Wildman–Crippen MR) is 96.7 cm³/mol. The third-order valence-corrected chi connectivity index (χ3v) is 4.92. The van der Waals surface area contributed by atoms with Crippen LogP contribution in [0.4, 0.5) is 0 Å². The van der Waals surface area contributed by atoms with E-state index in [1.807, 2.05) is 12.5 Å². The highest BCUT2D eigenvalue weighted by molar-refractivity contribution is 5.33. The normalized spacial score (nSPS) is 15.4. The molecule has 1 heterocycles. The fourth-order valence-electron chi connectivity index (χ4n) is 3.31. The Hall–Kier alpha value is -2.39. The van der Waals surface area contributed by atoms with Crippen LogP contribution < -0.4 is 5.32 Å². The van der Waals surface area contributed by atoms with Gasteiger partial charge in [-0.3, -0.25) is 0 Å². The van der Waals surface area contributed by atoms with E-state index in [0.717, 1.165) is 13.1 Å². The molecule has 1 N–H and O–H groups in total. The van der Waals surface area contributed by atoms with E-state index >= 15 is 0 Å². The van der Waals surface area contributed by atoms with Crippen LogP contribution in [-0.4, -0.2) is 9.55 Å². The lowest BCUT2D eigenvalue weighted by molar-refractivity contribution is 0.503. The first-order valence-corrected chi connectivity index (χ1v) is 8.60. The lowest BCUT2D eigenvalue weighted by atomic mass is 10.0. The Kier molecular flexibility index (Phi) is 3.95. The summed E-state index contributed by atoms with van der Waals surface area (Å²) in [6, 6.07) is 19.4. The number of nitrogens with zero attached hydrogens (tertiary/aromatic N) is 2. The topological polar surface area (TPSA) is 29.9 Å². The minimum absolute atomic E-state index is 0.161. The molecule has 0 radical (unpaired) electrons. The molecule has 2 aromatic carbocycles.